The number of aryl methyl sites for hydroxylation is 1. The van der Waals surface area contributed by atoms with Crippen molar-refractivity contribution in [2.75, 3.05) is 6.61 Å². The van der Waals surface area contributed by atoms with E-state index in [4.69, 9.17) is 15.6 Å². The number of terminal acetylenes is 1. The van der Waals surface area contributed by atoms with Crippen LogP contribution in [0.15, 0.2) is 22.6 Å². The molecule has 0 saturated heterocycles. The molecule has 15 heavy (non-hydrogen) atoms. The summed E-state index contributed by atoms with van der Waals surface area (Å²) in [6.07, 6.45) is 8.31. The second kappa shape index (κ2) is 5.71. The number of hydrogen-bond acceptors (Lipinski definition) is 3. The van der Waals surface area contributed by atoms with Crippen molar-refractivity contribution in [2.45, 2.75) is 13.3 Å². The zero-order valence-electron chi connectivity index (χ0n) is 8.53. The molecule has 0 N–H and O–H groups in total. The smallest absolute Gasteiger partial charge is 0.330 e. The molecular weight excluding hydrogens is 192 g/mol. The Morgan fingerprint density at radius 1 is 1.67 bits per heavy atom. The van der Waals surface area contributed by atoms with E-state index in [1.807, 2.05) is 13.0 Å². The number of furan rings is 1. The van der Waals surface area contributed by atoms with Crippen molar-refractivity contribution in [2.24, 2.45) is 0 Å². The Hall–Kier alpha value is -1.95. The predicted octanol–water partition coefficient (Wildman–Crippen LogP) is 2.17. The minimum Gasteiger partial charge on any atom is -0.462 e. The zero-order valence-corrected chi connectivity index (χ0v) is 8.53. The van der Waals surface area contributed by atoms with Crippen molar-refractivity contribution in [1.82, 2.24) is 0 Å². The van der Waals surface area contributed by atoms with Gasteiger partial charge >= 0.3 is 5.97 Å². The van der Waals surface area contributed by atoms with Gasteiger partial charge in [0.2, 0.25) is 0 Å². The maximum absolute atomic E-state index is 11.1. The number of rotatable bonds is 4. The molecule has 0 atom stereocenters. The molecule has 1 aromatic heterocycles. The van der Waals surface area contributed by atoms with E-state index in [9.17, 15) is 4.79 Å². The summed E-state index contributed by atoms with van der Waals surface area (Å²) >= 11 is 0. The monoisotopic (exact) mass is 204 g/mol. The van der Waals surface area contributed by atoms with Crippen LogP contribution in [0, 0.1) is 19.3 Å². The average Bonchev–Trinajstić information content (AvgIpc) is 2.62. The van der Waals surface area contributed by atoms with E-state index in [1.165, 1.54) is 6.08 Å². The van der Waals surface area contributed by atoms with Crippen LogP contribution in [0.3, 0.4) is 0 Å². The van der Waals surface area contributed by atoms with Crippen LogP contribution in [0.5, 0.6) is 0 Å². The van der Waals surface area contributed by atoms with E-state index in [1.54, 1.807) is 12.1 Å². The van der Waals surface area contributed by atoms with Crippen LogP contribution >= 0.6 is 0 Å². The normalized spacial score (nSPS) is 10.1. The van der Waals surface area contributed by atoms with Gasteiger partial charge < -0.3 is 9.15 Å². The fourth-order valence-electron chi connectivity index (χ4n) is 0.952. The van der Waals surface area contributed by atoms with E-state index < -0.39 is 5.97 Å². The Kier molecular flexibility index (Phi) is 4.24. The highest BCUT2D eigenvalue weighted by Crippen LogP contribution is 2.07. The molecule has 0 aliphatic carbocycles. The Labute approximate surface area is 88.7 Å². The number of ether oxygens (including phenoxy) is 1. The molecule has 1 heterocycles. The quantitative estimate of drug-likeness (QED) is 0.326. The molecule has 0 aliphatic rings. The molecule has 0 aromatic carbocycles. The summed E-state index contributed by atoms with van der Waals surface area (Å²) < 4.78 is 10.0. The van der Waals surface area contributed by atoms with Crippen molar-refractivity contribution >= 4 is 12.0 Å². The van der Waals surface area contributed by atoms with Crippen LogP contribution in [-0.4, -0.2) is 12.6 Å². The summed E-state index contributed by atoms with van der Waals surface area (Å²) in [4.78, 5) is 11.1. The molecule has 3 nitrogen and oxygen atoms in total. The molecule has 0 radical (unpaired) electrons. The van der Waals surface area contributed by atoms with Crippen LogP contribution in [0.4, 0.5) is 0 Å². The zero-order chi connectivity index (χ0) is 11.1. The van der Waals surface area contributed by atoms with Gasteiger partial charge in [-0.25, -0.2) is 4.79 Å². The Bertz CT molecular complexity index is 393. The Morgan fingerprint density at radius 3 is 3.07 bits per heavy atom. The summed E-state index contributed by atoms with van der Waals surface area (Å²) in [7, 11) is 0. The summed E-state index contributed by atoms with van der Waals surface area (Å²) in [5.41, 5.74) is 0. The lowest BCUT2D eigenvalue weighted by atomic mass is 10.4. The first-order chi connectivity index (χ1) is 7.22. The summed E-state index contributed by atoms with van der Waals surface area (Å²) in [5, 5.41) is 0. The first-order valence-corrected chi connectivity index (χ1v) is 4.57. The van der Waals surface area contributed by atoms with Crippen molar-refractivity contribution in [3.63, 3.8) is 0 Å². The fourth-order valence-corrected chi connectivity index (χ4v) is 0.952. The number of hydrogen-bond donors (Lipinski definition) is 0. The van der Waals surface area contributed by atoms with E-state index in [0.717, 1.165) is 5.76 Å². The molecule has 0 aliphatic heterocycles. The largest absolute Gasteiger partial charge is 0.462 e. The van der Waals surface area contributed by atoms with Crippen molar-refractivity contribution in [3.8, 4) is 12.3 Å². The second-order valence-electron chi connectivity index (χ2n) is 2.90. The first kappa shape index (κ1) is 11.1. The number of carbonyl (C=O) groups excluding carboxylic acids is 1. The van der Waals surface area contributed by atoms with Gasteiger partial charge in [0, 0.05) is 12.5 Å². The molecule has 0 fully saturated rings. The maximum atomic E-state index is 11.1. The molecule has 0 bridgehead atoms. The molecule has 0 unspecified atom stereocenters. The lowest BCUT2D eigenvalue weighted by molar-refractivity contribution is -0.137. The highest BCUT2D eigenvalue weighted by Gasteiger charge is 1.97. The van der Waals surface area contributed by atoms with E-state index in [-0.39, 0.29) is 6.61 Å². The van der Waals surface area contributed by atoms with Crippen LogP contribution in [0.25, 0.3) is 6.08 Å². The van der Waals surface area contributed by atoms with E-state index in [2.05, 4.69) is 5.92 Å². The standard InChI is InChI=1S/C12H12O3/c1-3-4-9-14-12(13)8-7-11-6-5-10(2)15-11/h1,5-8H,4,9H2,2H3. The number of esters is 1. The molecule has 1 rings (SSSR count). The first-order valence-electron chi connectivity index (χ1n) is 4.57. The molecular formula is C12H12O3. The topological polar surface area (TPSA) is 39.4 Å². The fraction of sp³-hybridized carbons (Fsp3) is 0.250. The van der Waals surface area contributed by atoms with Gasteiger partial charge in [-0.15, -0.1) is 12.3 Å². The highest BCUT2D eigenvalue weighted by atomic mass is 16.5. The highest BCUT2D eigenvalue weighted by molar-refractivity contribution is 5.86. The lowest BCUT2D eigenvalue weighted by Gasteiger charge is -1.96. The van der Waals surface area contributed by atoms with Gasteiger partial charge in [0.25, 0.3) is 0 Å². The minimum atomic E-state index is -0.417. The Morgan fingerprint density at radius 2 is 2.47 bits per heavy atom. The van der Waals surface area contributed by atoms with Gasteiger partial charge in [0.1, 0.15) is 18.1 Å². The predicted molar refractivity (Wildman–Crippen MR) is 56.9 cm³/mol. The molecule has 78 valence electrons. The summed E-state index contributed by atoms with van der Waals surface area (Å²) in [6, 6.07) is 3.60. The van der Waals surface area contributed by atoms with E-state index >= 15 is 0 Å². The third-order valence-corrected chi connectivity index (χ3v) is 1.64. The SMILES string of the molecule is C#CCCOC(=O)C=Cc1ccc(C)o1. The van der Waals surface area contributed by atoms with Gasteiger partial charge in [-0.1, -0.05) is 0 Å². The molecule has 0 saturated carbocycles. The van der Waals surface area contributed by atoms with Crippen LogP contribution in [0.2, 0.25) is 0 Å². The molecule has 1 aromatic rings. The van der Waals surface area contributed by atoms with Crippen LogP contribution < -0.4 is 0 Å². The summed E-state index contributed by atoms with van der Waals surface area (Å²) in [6.45, 7) is 2.08. The van der Waals surface area contributed by atoms with Crippen molar-refractivity contribution in [3.05, 3.63) is 29.7 Å². The second-order valence-corrected chi connectivity index (χ2v) is 2.90. The van der Waals surface area contributed by atoms with Gasteiger partial charge in [-0.3, -0.25) is 0 Å². The average molecular weight is 204 g/mol. The third kappa shape index (κ3) is 4.19. The van der Waals surface area contributed by atoms with Crippen molar-refractivity contribution < 1.29 is 13.9 Å². The van der Waals surface area contributed by atoms with Gasteiger partial charge in [0.05, 0.1) is 0 Å². The maximum Gasteiger partial charge on any atom is 0.330 e. The van der Waals surface area contributed by atoms with E-state index in [0.29, 0.717) is 12.2 Å². The minimum absolute atomic E-state index is 0.247. The van der Waals surface area contributed by atoms with Crippen LogP contribution in [-0.2, 0) is 9.53 Å². The molecule has 3 heteroatoms. The number of carbonyl (C=O) groups is 1. The van der Waals surface area contributed by atoms with Gasteiger partial charge in [-0.05, 0) is 25.1 Å². The van der Waals surface area contributed by atoms with Gasteiger partial charge in [0.15, 0.2) is 0 Å². The molecule has 0 amide bonds. The van der Waals surface area contributed by atoms with Crippen molar-refractivity contribution in [1.29, 1.82) is 0 Å². The third-order valence-electron chi connectivity index (χ3n) is 1.64. The summed E-state index contributed by atoms with van der Waals surface area (Å²) in [5.74, 6) is 3.39. The Balaban J connectivity index is 2.38. The molecule has 0 spiro atoms. The van der Waals surface area contributed by atoms with Crippen LogP contribution in [0.1, 0.15) is 17.9 Å². The van der Waals surface area contributed by atoms with Gasteiger partial charge in [-0.2, -0.15) is 0 Å². The lowest BCUT2D eigenvalue weighted by Crippen LogP contribution is -2.01.